The Kier molecular flexibility index (Phi) is 3.31. The lowest BCUT2D eigenvalue weighted by Crippen LogP contribution is -2.25. The van der Waals surface area contributed by atoms with E-state index in [1.165, 1.54) is 0 Å². The van der Waals surface area contributed by atoms with Gasteiger partial charge in [-0.15, -0.1) is 0 Å². The lowest BCUT2D eigenvalue weighted by molar-refractivity contribution is 0.0404. The predicted molar refractivity (Wildman–Crippen MR) is 60.3 cm³/mol. The van der Waals surface area contributed by atoms with Crippen LogP contribution in [0.2, 0.25) is 0 Å². The van der Waals surface area contributed by atoms with E-state index in [1.54, 1.807) is 12.3 Å². The van der Waals surface area contributed by atoms with Gasteiger partial charge in [0.2, 0.25) is 0 Å². The number of hydrogen-bond acceptors (Lipinski definition) is 4. The number of aromatic nitrogens is 1. The van der Waals surface area contributed by atoms with Crippen molar-refractivity contribution in [2.75, 3.05) is 6.54 Å². The minimum atomic E-state index is -0.335. The highest BCUT2D eigenvalue weighted by Crippen LogP contribution is 2.22. The summed E-state index contributed by atoms with van der Waals surface area (Å²) in [5.41, 5.74) is 7.03. The van der Waals surface area contributed by atoms with E-state index in [4.69, 9.17) is 10.5 Å². The Bertz CT molecular complexity index is 375. The normalized spacial score (nSPS) is 24.6. The monoisotopic (exact) mass is 220 g/mol. The lowest BCUT2D eigenvalue weighted by atomic mass is 10.1. The van der Waals surface area contributed by atoms with Crippen LogP contribution in [0.15, 0.2) is 18.3 Å². The van der Waals surface area contributed by atoms with Gasteiger partial charge in [-0.05, 0) is 31.9 Å². The second-order valence-electron chi connectivity index (χ2n) is 4.11. The molecule has 2 heterocycles. The van der Waals surface area contributed by atoms with Gasteiger partial charge in [0.05, 0.1) is 6.10 Å². The molecule has 1 aromatic heterocycles. The van der Waals surface area contributed by atoms with Crippen molar-refractivity contribution in [2.45, 2.75) is 32.0 Å². The van der Waals surface area contributed by atoms with Crippen LogP contribution >= 0.6 is 0 Å². The van der Waals surface area contributed by atoms with Crippen molar-refractivity contribution >= 4 is 5.78 Å². The molecule has 1 aliphatic heterocycles. The number of carbonyl (C=O) groups excluding carboxylic acids is 1. The van der Waals surface area contributed by atoms with E-state index in [0.29, 0.717) is 12.1 Å². The maximum atomic E-state index is 12.0. The third-order valence-corrected chi connectivity index (χ3v) is 2.86. The Labute approximate surface area is 94.8 Å². The summed E-state index contributed by atoms with van der Waals surface area (Å²) in [6.45, 7) is 2.38. The third-order valence-electron chi connectivity index (χ3n) is 2.86. The molecule has 2 atom stereocenters. The molecule has 0 amide bonds. The van der Waals surface area contributed by atoms with Gasteiger partial charge in [0.25, 0.3) is 0 Å². The van der Waals surface area contributed by atoms with E-state index in [-0.39, 0.29) is 18.0 Å². The number of hydrogen-bond donors (Lipinski definition) is 1. The van der Waals surface area contributed by atoms with Crippen LogP contribution < -0.4 is 5.73 Å². The summed E-state index contributed by atoms with van der Waals surface area (Å²) in [6, 6.07) is 3.63. The molecule has 16 heavy (non-hydrogen) atoms. The molecule has 0 aliphatic carbocycles. The van der Waals surface area contributed by atoms with Gasteiger partial charge in [-0.25, -0.2) is 0 Å². The number of Topliss-reactive ketones (excluding diaryl/α,β-unsaturated/α-hetero) is 1. The van der Waals surface area contributed by atoms with Crippen molar-refractivity contribution in [3.05, 3.63) is 29.6 Å². The number of aryl methyl sites for hydroxylation is 1. The van der Waals surface area contributed by atoms with Crippen LogP contribution in [0.25, 0.3) is 0 Å². The van der Waals surface area contributed by atoms with E-state index in [1.807, 2.05) is 13.0 Å². The number of pyridine rings is 1. The molecule has 1 aliphatic rings. The largest absolute Gasteiger partial charge is 0.366 e. The highest BCUT2D eigenvalue weighted by Gasteiger charge is 2.30. The molecule has 4 heteroatoms. The molecular formula is C12H16N2O2. The molecule has 2 rings (SSSR count). The van der Waals surface area contributed by atoms with Crippen LogP contribution in [0.4, 0.5) is 0 Å². The predicted octanol–water partition coefficient (Wildman–Crippen LogP) is 1.08. The van der Waals surface area contributed by atoms with Gasteiger partial charge >= 0.3 is 0 Å². The summed E-state index contributed by atoms with van der Waals surface area (Å²) >= 11 is 0. The molecule has 4 nitrogen and oxygen atoms in total. The second kappa shape index (κ2) is 4.72. The first-order chi connectivity index (χ1) is 7.70. The molecule has 2 unspecified atom stereocenters. The van der Waals surface area contributed by atoms with Crippen molar-refractivity contribution in [3.63, 3.8) is 0 Å². The minimum absolute atomic E-state index is 0.0171. The Morgan fingerprint density at radius 1 is 1.56 bits per heavy atom. The highest BCUT2D eigenvalue weighted by atomic mass is 16.5. The Hall–Kier alpha value is -1.26. The van der Waals surface area contributed by atoms with Gasteiger partial charge in [0.15, 0.2) is 5.78 Å². The SMILES string of the molecule is Cc1ccc(C(=O)C2CCC(CN)O2)cn1. The smallest absolute Gasteiger partial charge is 0.193 e. The summed E-state index contributed by atoms with van der Waals surface area (Å²) in [5, 5.41) is 0. The average molecular weight is 220 g/mol. The van der Waals surface area contributed by atoms with Crippen molar-refractivity contribution in [2.24, 2.45) is 5.73 Å². The maximum absolute atomic E-state index is 12.0. The highest BCUT2D eigenvalue weighted by molar-refractivity contribution is 5.99. The zero-order valence-electron chi connectivity index (χ0n) is 9.35. The fraction of sp³-hybridized carbons (Fsp3) is 0.500. The molecule has 1 aromatic rings. The first-order valence-electron chi connectivity index (χ1n) is 5.53. The quantitative estimate of drug-likeness (QED) is 0.774. The van der Waals surface area contributed by atoms with E-state index in [2.05, 4.69) is 4.98 Å². The van der Waals surface area contributed by atoms with Gasteiger partial charge in [-0.1, -0.05) is 0 Å². The van der Waals surface area contributed by atoms with E-state index < -0.39 is 0 Å². The minimum Gasteiger partial charge on any atom is -0.366 e. The molecule has 86 valence electrons. The third kappa shape index (κ3) is 2.28. The number of ketones is 1. The molecule has 1 fully saturated rings. The van der Waals surface area contributed by atoms with Crippen LogP contribution in [0.3, 0.4) is 0 Å². The van der Waals surface area contributed by atoms with Crippen molar-refractivity contribution < 1.29 is 9.53 Å². The molecule has 1 saturated heterocycles. The summed E-state index contributed by atoms with van der Waals surface area (Å²) < 4.78 is 5.55. The Morgan fingerprint density at radius 3 is 2.94 bits per heavy atom. The first-order valence-corrected chi connectivity index (χ1v) is 5.53. The summed E-state index contributed by atoms with van der Waals surface area (Å²) in [5.74, 6) is 0.0171. The fourth-order valence-electron chi connectivity index (χ4n) is 1.87. The summed E-state index contributed by atoms with van der Waals surface area (Å²) in [4.78, 5) is 16.1. The molecule has 0 bridgehead atoms. The van der Waals surface area contributed by atoms with E-state index in [0.717, 1.165) is 18.5 Å². The standard InChI is InChI=1S/C12H16N2O2/c1-8-2-3-9(7-14-8)12(15)11-5-4-10(6-13)16-11/h2-3,7,10-11H,4-6,13H2,1H3. The number of carbonyl (C=O) groups is 1. The van der Waals surface area contributed by atoms with Gasteiger partial charge in [-0.3, -0.25) is 9.78 Å². The molecule has 0 saturated carbocycles. The van der Waals surface area contributed by atoms with Crippen LogP contribution in [-0.4, -0.2) is 29.5 Å². The van der Waals surface area contributed by atoms with Crippen molar-refractivity contribution in [1.82, 2.24) is 4.98 Å². The van der Waals surface area contributed by atoms with Gasteiger partial charge in [0, 0.05) is 24.0 Å². The average Bonchev–Trinajstić information content (AvgIpc) is 2.77. The number of nitrogens with two attached hydrogens (primary N) is 1. The van der Waals surface area contributed by atoms with Crippen molar-refractivity contribution in [3.8, 4) is 0 Å². The van der Waals surface area contributed by atoms with Gasteiger partial charge < -0.3 is 10.5 Å². The van der Waals surface area contributed by atoms with E-state index in [9.17, 15) is 4.79 Å². The topological polar surface area (TPSA) is 65.2 Å². The van der Waals surface area contributed by atoms with E-state index >= 15 is 0 Å². The molecule has 0 spiro atoms. The van der Waals surface area contributed by atoms with Crippen LogP contribution in [0.1, 0.15) is 28.9 Å². The summed E-state index contributed by atoms with van der Waals surface area (Å²) in [6.07, 6.45) is 2.93. The Morgan fingerprint density at radius 2 is 2.38 bits per heavy atom. The number of nitrogens with zero attached hydrogens (tertiary/aromatic N) is 1. The molecule has 0 radical (unpaired) electrons. The fourth-order valence-corrected chi connectivity index (χ4v) is 1.87. The molecule has 2 N–H and O–H groups in total. The van der Waals surface area contributed by atoms with Crippen LogP contribution in [-0.2, 0) is 4.74 Å². The Balaban J connectivity index is 2.05. The molecular weight excluding hydrogens is 204 g/mol. The number of ether oxygens (including phenoxy) is 1. The molecule has 0 aromatic carbocycles. The van der Waals surface area contributed by atoms with Gasteiger partial charge in [-0.2, -0.15) is 0 Å². The second-order valence-corrected chi connectivity index (χ2v) is 4.11. The zero-order chi connectivity index (χ0) is 11.5. The summed E-state index contributed by atoms with van der Waals surface area (Å²) in [7, 11) is 0. The maximum Gasteiger partial charge on any atom is 0.193 e. The van der Waals surface area contributed by atoms with Crippen LogP contribution in [0, 0.1) is 6.92 Å². The van der Waals surface area contributed by atoms with Crippen LogP contribution in [0.5, 0.6) is 0 Å². The van der Waals surface area contributed by atoms with Crippen molar-refractivity contribution in [1.29, 1.82) is 0 Å². The lowest BCUT2D eigenvalue weighted by Gasteiger charge is -2.11. The zero-order valence-corrected chi connectivity index (χ0v) is 9.35. The van der Waals surface area contributed by atoms with Gasteiger partial charge in [0.1, 0.15) is 6.10 Å². The first kappa shape index (κ1) is 11.2. The number of rotatable bonds is 3.